The van der Waals surface area contributed by atoms with Crippen molar-refractivity contribution in [3.8, 4) is 0 Å². The molecular formula is C19H27N5O3. The number of H-pyrrole nitrogens is 1. The Morgan fingerprint density at radius 2 is 1.89 bits per heavy atom. The summed E-state index contributed by atoms with van der Waals surface area (Å²) in [7, 11) is 0. The maximum absolute atomic E-state index is 12.7. The zero-order chi connectivity index (χ0) is 19.6. The van der Waals surface area contributed by atoms with Crippen LogP contribution in [0.15, 0.2) is 10.6 Å². The van der Waals surface area contributed by atoms with Crippen LogP contribution in [0, 0.1) is 13.8 Å². The zero-order valence-electron chi connectivity index (χ0n) is 16.4. The predicted molar refractivity (Wildman–Crippen MR) is 99.5 cm³/mol. The van der Waals surface area contributed by atoms with Gasteiger partial charge < -0.3 is 14.3 Å². The molecular weight excluding hydrogens is 346 g/mol. The molecule has 27 heavy (non-hydrogen) atoms. The quantitative estimate of drug-likeness (QED) is 0.885. The van der Waals surface area contributed by atoms with Crippen molar-refractivity contribution in [3.63, 3.8) is 0 Å². The van der Waals surface area contributed by atoms with Gasteiger partial charge in [-0.2, -0.15) is 5.10 Å². The van der Waals surface area contributed by atoms with Crippen molar-refractivity contribution in [1.82, 2.24) is 25.2 Å². The van der Waals surface area contributed by atoms with Crippen LogP contribution >= 0.6 is 0 Å². The fourth-order valence-electron chi connectivity index (χ4n) is 3.29. The monoisotopic (exact) mass is 373 g/mol. The van der Waals surface area contributed by atoms with E-state index in [9.17, 15) is 9.59 Å². The first-order valence-corrected chi connectivity index (χ1v) is 9.41. The zero-order valence-corrected chi connectivity index (χ0v) is 16.4. The Kier molecular flexibility index (Phi) is 5.62. The van der Waals surface area contributed by atoms with Gasteiger partial charge in [-0.15, -0.1) is 0 Å². The maximum atomic E-state index is 12.7. The molecule has 3 rings (SSSR count). The van der Waals surface area contributed by atoms with Gasteiger partial charge in [0.2, 0.25) is 11.7 Å². The van der Waals surface area contributed by atoms with Gasteiger partial charge >= 0.3 is 0 Å². The lowest BCUT2D eigenvalue weighted by atomic mass is 10.1. The minimum Gasteiger partial charge on any atom is -0.351 e. The third-order valence-corrected chi connectivity index (χ3v) is 5.08. The molecule has 8 nitrogen and oxygen atoms in total. The lowest BCUT2D eigenvalue weighted by Gasteiger charge is -2.21. The minimum absolute atomic E-state index is 0.0682. The van der Waals surface area contributed by atoms with Crippen LogP contribution in [0.2, 0.25) is 0 Å². The lowest BCUT2D eigenvalue weighted by molar-refractivity contribution is -0.130. The SMILES string of the molecule is Cc1n[nH]c(C)c1CC(=O)N1CCCN(C(=O)c2cc(C(C)C)no2)CC1. The number of carbonyl (C=O) groups is 2. The fraction of sp³-hybridized carbons (Fsp3) is 0.579. The van der Waals surface area contributed by atoms with Gasteiger partial charge in [-0.05, 0) is 26.2 Å². The molecule has 0 radical (unpaired) electrons. The van der Waals surface area contributed by atoms with Gasteiger partial charge in [0.05, 0.1) is 17.8 Å². The first-order chi connectivity index (χ1) is 12.9. The number of aromatic nitrogens is 3. The Morgan fingerprint density at radius 1 is 1.19 bits per heavy atom. The van der Waals surface area contributed by atoms with E-state index in [1.807, 2.05) is 32.6 Å². The number of carbonyl (C=O) groups excluding carboxylic acids is 2. The molecule has 1 N–H and O–H groups in total. The van der Waals surface area contributed by atoms with Crippen LogP contribution in [0.5, 0.6) is 0 Å². The highest BCUT2D eigenvalue weighted by molar-refractivity contribution is 5.91. The summed E-state index contributed by atoms with van der Waals surface area (Å²) in [5.41, 5.74) is 3.52. The van der Waals surface area contributed by atoms with Crippen LogP contribution in [0.4, 0.5) is 0 Å². The largest absolute Gasteiger partial charge is 0.351 e. The number of nitrogens with one attached hydrogen (secondary N) is 1. The Morgan fingerprint density at radius 3 is 2.52 bits per heavy atom. The molecule has 1 aliphatic heterocycles. The standard InChI is InChI=1S/C19H27N5O3/c1-12(2)16-11-17(27-22-16)19(26)24-7-5-6-23(8-9-24)18(25)10-15-13(3)20-21-14(15)4/h11-12H,5-10H2,1-4H3,(H,20,21). The number of nitrogens with zero attached hydrogens (tertiary/aromatic N) is 4. The van der Waals surface area contributed by atoms with Crippen molar-refractivity contribution >= 4 is 11.8 Å². The second kappa shape index (κ2) is 7.94. The molecule has 0 spiro atoms. The third-order valence-electron chi connectivity index (χ3n) is 5.08. The van der Waals surface area contributed by atoms with E-state index in [1.165, 1.54) is 0 Å². The predicted octanol–water partition coefficient (Wildman–Crippen LogP) is 2.06. The summed E-state index contributed by atoms with van der Waals surface area (Å²) in [5.74, 6) is 0.384. The first-order valence-electron chi connectivity index (χ1n) is 9.41. The number of rotatable bonds is 4. The van der Waals surface area contributed by atoms with E-state index in [2.05, 4.69) is 15.4 Å². The van der Waals surface area contributed by atoms with Crippen molar-refractivity contribution in [3.05, 3.63) is 34.5 Å². The van der Waals surface area contributed by atoms with Crippen molar-refractivity contribution < 1.29 is 14.1 Å². The molecule has 8 heteroatoms. The summed E-state index contributed by atoms with van der Waals surface area (Å²) in [4.78, 5) is 29.0. The van der Waals surface area contributed by atoms with Gasteiger partial charge in [-0.3, -0.25) is 14.7 Å². The van der Waals surface area contributed by atoms with Crippen LogP contribution in [-0.2, 0) is 11.2 Å². The molecule has 146 valence electrons. The van der Waals surface area contributed by atoms with Crippen LogP contribution in [0.25, 0.3) is 0 Å². The summed E-state index contributed by atoms with van der Waals surface area (Å²) < 4.78 is 5.22. The Hall–Kier alpha value is -2.64. The minimum atomic E-state index is -0.162. The molecule has 0 saturated carbocycles. The van der Waals surface area contributed by atoms with E-state index in [0.717, 1.165) is 29.1 Å². The third kappa shape index (κ3) is 4.20. The second-order valence-electron chi connectivity index (χ2n) is 7.39. The summed E-state index contributed by atoms with van der Waals surface area (Å²) in [5, 5.41) is 11.0. The fourth-order valence-corrected chi connectivity index (χ4v) is 3.29. The Balaban J connectivity index is 1.61. The highest BCUT2D eigenvalue weighted by Gasteiger charge is 2.26. The highest BCUT2D eigenvalue weighted by Crippen LogP contribution is 2.17. The Labute approximate surface area is 158 Å². The molecule has 0 aliphatic carbocycles. The van der Waals surface area contributed by atoms with Crippen molar-refractivity contribution in [2.75, 3.05) is 26.2 Å². The van der Waals surface area contributed by atoms with E-state index < -0.39 is 0 Å². The average molecular weight is 373 g/mol. The molecule has 2 amide bonds. The molecule has 0 unspecified atom stereocenters. The lowest BCUT2D eigenvalue weighted by Crippen LogP contribution is -2.38. The van der Waals surface area contributed by atoms with Gasteiger partial charge in [0.25, 0.3) is 5.91 Å². The molecule has 0 atom stereocenters. The van der Waals surface area contributed by atoms with Crippen molar-refractivity contribution in [2.45, 2.75) is 46.5 Å². The van der Waals surface area contributed by atoms with Crippen LogP contribution in [-0.4, -0.2) is 63.1 Å². The van der Waals surface area contributed by atoms with Crippen molar-refractivity contribution in [1.29, 1.82) is 0 Å². The number of hydrogen-bond donors (Lipinski definition) is 1. The number of aryl methyl sites for hydroxylation is 2. The van der Waals surface area contributed by atoms with Gasteiger partial charge in [0.1, 0.15) is 0 Å². The van der Waals surface area contributed by atoms with E-state index >= 15 is 0 Å². The summed E-state index contributed by atoms with van der Waals surface area (Å²) >= 11 is 0. The maximum Gasteiger partial charge on any atom is 0.292 e. The summed E-state index contributed by atoms with van der Waals surface area (Å²) in [6.07, 6.45) is 1.08. The topological polar surface area (TPSA) is 95.3 Å². The molecule has 2 aromatic rings. The molecule has 1 fully saturated rings. The molecule has 2 aromatic heterocycles. The van der Waals surface area contributed by atoms with E-state index in [0.29, 0.717) is 32.6 Å². The van der Waals surface area contributed by atoms with Gasteiger partial charge in [-0.1, -0.05) is 19.0 Å². The normalized spacial score (nSPS) is 15.3. The molecule has 3 heterocycles. The smallest absolute Gasteiger partial charge is 0.292 e. The highest BCUT2D eigenvalue weighted by atomic mass is 16.5. The summed E-state index contributed by atoms with van der Waals surface area (Å²) in [6.45, 7) is 10.1. The molecule has 1 aliphatic rings. The van der Waals surface area contributed by atoms with Crippen LogP contribution < -0.4 is 0 Å². The molecule has 0 aromatic carbocycles. The van der Waals surface area contributed by atoms with Crippen molar-refractivity contribution in [2.24, 2.45) is 0 Å². The van der Waals surface area contributed by atoms with Gasteiger partial charge in [-0.25, -0.2) is 0 Å². The number of amides is 2. The average Bonchev–Trinajstić information content (AvgIpc) is 3.15. The van der Waals surface area contributed by atoms with Crippen LogP contribution in [0.3, 0.4) is 0 Å². The first kappa shape index (κ1) is 19.1. The molecule has 0 bridgehead atoms. The number of hydrogen-bond acceptors (Lipinski definition) is 5. The van der Waals surface area contributed by atoms with Gasteiger partial charge in [0.15, 0.2) is 0 Å². The molecule has 1 saturated heterocycles. The number of aromatic amines is 1. The van der Waals surface area contributed by atoms with Gasteiger partial charge in [0, 0.05) is 43.5 Å². The van der Waals surface area contributed by atoms with Crippen LogP contribution in [0.1, 0.15) is 59.4 Å². The summed E-state index contributed by atoms with van der Waals surface area (Å²) in [6, 6.07) is 1.71. The second-order valence-corrected chi connectivity index (χ2v) is 7.39. The van der Waals surface area contributed by atoms with E-state index in [4.69, 9.17) is 4.52 Å². The Bertz CT molecular complexity index is 804. The van der Waals surface area contributed by atoms with E-state index in [1.54, 1.807) is 11.0 Å². The van der Waals surface area contributed by atoms with E-state index in [-0.39, 0.29) is 23.5 Å².